The predicted molar refractivity (Wildman–Crippen MR) is 56.4 cm³/mol. The van der Waals surface area contributed by atoms with Crippen LogP contribution in [0.4, 0.5) is 5.82 Å². The van der Waals surface area contributed by atoms with Crippen LogP contribution in [-0.4, -0.2) is 21.7 Å². The van der Waals surface area contributed by atoms with E-state index in [4.69, 9.17) is 4.52 Å². The highest BCUT2D eigenvalue weighted by Crippen LogP contribution is 2.15. The average Bonchev–Trinajstić information content (AvgIpc) is 2.67. The van der Waals surface area contributed by atoms with E-state index in [0.717, 1.165) is 17.9 Å². The summed E-state index contributed by atoms with van der Waals surface area (Å²) in [7, 11) is 0. The predicted octanol–water partition coefficient (Wildman–Crippen LogP) is 1.87. The largest absolute Gasteiger partial charge is 0.370 e. The Morgan fingerprint density at radius 3 is 2.80 bits per heavy atom. The normalized spacial score (nSPS) is 10.3. The molecule has 0 aromatic carbocycles. The van der Waals surface area contributed by atoms with Gasteiger partial charge in [0, 0.05) is 25.2 Å². The first kappa shape index (κ1) is 9.64. The Hall–Kier alpha value is -1.91. The van der Waals surface area contributed by atoms with Crippen LogP contribution in [0.5, 0.6) is 0 Å². The third-order valence-electron chi connectivity index (χ3n) is 1.91. The van der Waals surface area contributed by atoms with Crippen LogP contribution in [-0.2, 0) is 0 Å². The number of nitrogens with one attached hydrogen (secondary N) is 1. The molecule has 2 aromatic rings. The van der Waals surface area contributed by atoms with Crippen LogP contribution in [0.1, 0.15) is 12.8 Å². The van der Waals surface area contributed by atoms with Crippen molar-refractivity contribution in [2.45, 2.75) is 13.8 Å². The summed E-state index contributed by atoms with van der Waals surface area (Å²) in [5.74, 6) is 1.98. The number of hydrogen-bond acceptors (Lipinski definition) is 5. The molecule has 0 saturated heterocycles. The third kappa shape index (κ3) is 2.12. The molecule has 0 saturated carbocycles. The lowest BCUT2D eigenvalue weighted by Gasteiger charge is -2.01. The Balaban J connectivity index is 2.23. The van der Waals surface area contributed by atoms with Crippen molar-refractivity contribution >= 4 is 5.82 Å². The van der Waals surface area contributed by atoms with Gasteiger partial charge >= 0.3 is 0 Å². The van der Waals surface area contributed by atoms with E-state index in [-0.39, 0.29) is 0 Å². The van der Waals surface area contributed by atoms with Gasteiger partial charge in [-0.05, 0) is 19.1 Å². The van der Waals surface area contributed by atoms with Gasteiger partial charge in [-0.3, -0.25) is 0 Å². The minimum atomic E-state index is 0.556. The smallest absolute Gasteiger partial charge is 0.223 e. The van der Waals surface area contributed by atoms with E-state index in [2.05, 4.69) is 20.4 Å². The van der Waals surface area contributed by atoms with Gasteiger partial charge in [0.05, 0.1) is 0 Å². The van der Waals surface area contributed by atoms with Crippen LogP contribution in [0.2, 0.25) is 0 Å². The van der Waals surface area contributed by atoms with Gasteiger partial charge in [0.2, 0.25) is 11.7 Å². The molecule has 15 heavy (non-hydrogen) atoms. The number of nitrogens with zero attached hydrogens (tertiary/aromatic N) is 3. The van der Waals surface area contributed by atoms with Crippen LogP contribution in [0, 0.1) is 6.92 Å². The van der Waals surface area contributed by atoms with Gasteiger partial charge in [-0.15, -0.1) is 0 Å². The van der Waals surface area contributed by atoms with Gasteiger partial charge < -0.3 is 9.84 Å². The van der Waals surface area contributed by atoms with Crippen LogP contribution < -0.4 is 5.32 Å². The van der Waals surface area contributed by atoms with E-state index in [1.165, 1.54) is 0 Å². The molecular formula is C10H12N4O. The van der Waals surface area contributed by atoms with Crippen molar-refractivity contribution in [3.05, 3.63) is 24.2 Å². The topological polar surface area (TPSA) is 63.8 Å². The molecule has 5 heteroatoms. The number of rotatable bonds is 3. The maximum Gasteiger partial charge on any atom is 0.223 e. The lowest BCUT2D eigenvalue weighted by molar-refractivity contribution is 0.394. The zero-order valence-corrected chi connectivity index (χ0v) is 8.69. The van der Waals surface area contributed by atoms with Gasteiger partial charge in [0.1, 0.15) is 5.82 Å². The van der Waals surface area contributed by atoms with Gasteiger partial charge in [0.25, 0.3) is 0 Å². The van der Waals surface area contributed by atoms with Crippen molar-refractivity contribution in [2.75, 3.05) is 11.9 Å². The highest BCUT2D eigenvalue weighted by molar-refractivity contribution is 5.55. The van der Waals surface area contributed by atoms with Gasteiger partial charge in [-0.2, -0.15) is 4.98 Å². The van der Waals surface area contributed by atoms with Crippen LogP contribution in [0.15, 0.2) is 22.9 Å². The lowest BCUT2D eigenvalue weighted by Crippen LogP contribution is -1.98. The zero-order valence-electron chi connectivity index (χ0n) is 8.69. The number of hydrogen-bond donors (Lipinski definition) is 1. The Morgan fingerprint density at radius 1 is 1.40 bits per heavy atom. The minimum absolute atomic E-state index is 0.556. The standard InChI is InChI=1S/C10H12N4O/c1-3-11-9-5-4-8(6-12-9)10-13-7(2)15-14-10/h4-6H,3H2,1-2H3,(H,11,12). The van der Waals surface area contributed by atoms with E-state index in [9.17, 15) is 0 Å². The summed E-state index contributed by atoms with van der Waals surface area (Å²) in [6.07, 6.45) is 1.72. The maximum absolute atomic E-state index is 4.89. The van der Waals surface area contributed by atoms with E-state index < -0.39 is 0 Å². The summed E-state index contributed by atoms with van der Waals surface area (Å²) in [6, 6.07) is 3.81. The number of aryl methyl sites for hydroxylation is 1. The second-order valence-corrected chi connectivity index (χ2v) is 3.10. The molecule has 0 amide bonds. The van der Waals surface area contributed by atoms with Gasteiger partial charge in [0.15, 0.2) is 0 Å². The fourth-order valence-corrected chi connectivity index (χ4v) is 1.23. The molecule has 1 N–H and O–H groups in total. The van der Waals surface area contributed by atoms with Crippen molar-refractivity contribution in [1.82, 2.24) is 15.1 Å². The Morgan fingerprint density at radius 2 is 2.27 bits per heavy atom. The van der Waals surface area contributed by atoms with Gasteiger partial charge in [-0.25, -0.2) is 4.98 Å². The summed E-state index contributed by atoms with van der Waals surface area (Å²) >= 11 is 0. The molecule has 78 valence electrons. The zero-order chi connectivity index (χ0) is 10.7. The van der Waals surface area contributed by atoms with Crippen molar-refractivity contribution < 1.29 is 4.52 Å². The van der Waals surface area contributed by atoms with E-state index >= 15 is 0 Å². The molecule has 2 rings (SSSR count). The first-order chi connectivity index (χ1) is 7.29. The van der Waals surface area contributed by atoms with Crippen molar-refractivity contribution in [3.8, 4) is 11.4 Å². The third-order valence-corrected chi connectivity index (χ3v) is 1.91. The van der Waals surface area contributed by atoms with E-state index in [0.29, 0.717) is 11.7 Å². The molecule has 0 atom stereocenters. The van der Waals surface area contributed by atoms with Crippen LogP contribution >= 0.6 is 0 Å². The Labute approximate surface area is 87.5 Å². The fraction of sp³-hybridized carbons (Fsp3) is 0.300. The monoisotopic (exact) mass is 204 g/mol. The second-order valence-electron chi connectivity index (χ2n) is 3.10. The first-order valence-electron chi connectivity index (χ1n) is 4.80. The van der Waals surface area contributed by atoms with Crippen LogP contribution in [0.25, 0.3) is 11.4 Å². The molecule has 0 fully saturated rings. The summed E-state index contributed by atoms with van der Waals surface area (Å²) in [5.41, 5.74) is 0.855. The highest BCUT2D eigenvalue weighted by Gasteiger charge is 2.05. The van der Waals surface area contributed by atoms with Gasteiger partial charge in [-0.1, -0.05) is 5.16 Å². The molecule has 0 aliphatic carbocycles. The quantitative estimate of drug-likeness (QED) is 0.826. The highest BCUT2D eigenvalue weighted by atomic mass is 16.5. The number of anilines is 1. The second kappa shape index (κ2) is 4.08. The van der Waals surface area contributed by atoms with E-state index in [1.807, 2.05) is 19.1 Å². The first-order valence-corrected chi connectivity index (χ1v) is 4.80. The van der Waals surface area contributed by atoms with Crippen LogP contribution in [0.3, 0.4) is 0 Å². The summed E-state index contributed by atoms with van der Waals surface area (Å²) in [5, 5.41) is 6.93. The molecule has 0 aliphatic heterocycles. The summed E-state index contributed by atoms with van der Waals surface area (Å²) < 4.78 is 4.89. The molecule has 0 bridgehead atoms. The maximum atomic E-state index is 4.89. The minimum Gasteiger partial charge on any atom is -0.370 e. The summed E-state index contributed by atoms with van der Waals surface area (Å²) in [4.78, 5) is 8.34. The van der Waals surface area contributed by atoms with Crippen molar-refractivity contribution in [2.24, 2.45) is 0 Å². The molecular weight excluding hydrogens is 192 g/mol. The number of aromatic nitrogens is 3. The summed E-state index contributed by atoms with van der Waals surface area (Å²) in [6.45, 7) is 4.64. The Kier molecular flexibility index (Phi) is 2.62. The molecule has 0 radical (unpaired) electrons. The SMILES string of the molecule is CCNc1ccc(-c2noc(C)n2)cn1. The molecule has 2 aromatic heterocycles. The lowest BCUT2D eigenvalue weighted by atomic mass is 10.2. The molecule has 0 aliphatic rings. The fourth-order valence-electron chi connectivity index (χ4n) is 1.23. The molecule has 0 unspecified atom stereocenters. The average molecular weight is 204 g/mol. The van der Waals surface area contributed by atoms with Crippen molar-refractivity contribution in [1.29, 1.82) is 0 Å². The number of pyridine rings is 1. The van der Waals surface area contributed by atoms with Crippen molar-refractivity contribution in [3.63, 3.8) is 0 Å². The molecule has 5 nitrogen and oxygen atoms in total. The Bertz CT molecular complexity index is 435. The molecule has 2 heterocycles. The molecule has 0 spiro atoms. The van der Waals surface area contributed by atoms with E-state index in [1.54, 1.807) is 13.1 Å².